The molecule has 26 heavy (non-hydrogen) atoms. The minimum absolute atomic E-state index is 0.0274. The van der Waals surface area contributed by atoms with E-state index in [9.17, 15) is 9.59 Å². The summed E-state index contributed by atoms with van der Waals surface area (Å²) in [5, 5.41) is 4.34. The van der Waals surface area contributed by atoms with E-state index >= 15 is 0 Å². The predicted molar refractivity (Wildman–Crippen MR) is 98.2 cm³/mol. The van der Waals surface area contributed by atoms with Crippen LogP contribution in [0.2, 0.25) is 0 Å². The molecule has 3 rings (SSSR count). The van der Waals surface area contributed by atoms with Crippen molar-refractivity contribution in [2.24, 2.45) is 0 Å². The number of aromatic nitrogens is 4. The third kappa shape index (κ3) is 3.51. The van der Waals surface area contributed by atoms with E-state index in [1.54, 1.807) is 6.92 Å². The zero-order valence-corrected chi connectivity index (χ0v) is 15.0. The van der Waals surface area contributed by atoms with Gasteiger partial charge in [0.2, 0.25) is 5.78 Å². The predicted octanol–water partition coefficient (Wildman–Crippen LogP) is 2.92. The van der Waals surface area contributed by atoms with E-state index in [-0.39, 0.29) is 12.2 Å². The van der Waals surface area contributed by atoms with Crippen LogP contribution in [0.5, 0.6) is 0 Å². The summed E-state index contributed by atoms with van der Waals surface area (Å²) in [5.74, 6) is 0.242. The molecule has 0 bridgehead atoms. The first-order chi connectivity index (χ1) is 12.7. The van der Waals surface area contributed by atoms with Crippen molar-refractivity contribution < 1.29 is 9.53 Å². The standard InChI is InChI=1S/C19H22N4O3/c1-3-5-9-12-22-13-15(18(25)26-4-2)17(24)23-19(22)20-16(21-23)14-10-7-6-8-11-14/h6-8,10-11,13H,3-5,9,12H2,1-2H3. The Morgan fingerprint density at radius 1 is 1.15 bits per heavy atom. The maximum Gasteiger partial charge on any atom is 0.345 e. The van der Waals surface area contributed by atoms with E-state index in [4.69, 9.17) is 4.74 Å². The quantitative estimate of drug-likeness (QED) is 0.481. The van der Waals surface area contributed by atoms with Crippen LogP contribution >= 0.6 is 0 Å². The van der Waals surface area contributed by atoms with Crippen LogP contribution in [0.1, 0.15) is 43.5 Å². The Morgan fingerprint density at radius 2 is 1.92 bits per heavy atom. The van der Waals surface area contributed by atoms with Crippen LogP contribution in [0, 0.1) is 0 Å². The van der Waals surface area contributed by atoms with Gasteiger partial charge in [0, 0.05) is 18.3 Å². The maximum atomic E-state index is 12.7. The Hall–Kier alpha value is -2.96. The third-order valence-corrected chi connectivity index (χ3v) is 4.08. The fraction of sp³-hybridized carbons (Fsp3) is 0.368. The molecule has 0 aliphatic heterocycles. The first-order valence-electron chi connectivity index (χ1n) is 8.88. The summed E-state index contributed by atoms with van der Waals surface area (Å²) in [5.41, 5.74) is 0.272. The van der Waals surface area contributed by atoms with Gasteiger partial charge in [-0.1, -0.05) is 50.1 Å². The minimum Gasteiger partial charge on any atom is -0.462 e. The summed E-state index contributed by atoms with van der Waals surface area (Å²) in [7, 11) is 0. The van der Waals surface area contributed by atoms with Gasteiger partial charge in [0.25, 0.3) is 5.56 Å². The Labute approximate surface area is 151 Å². The molecule has 0 spiro atoms. The van der Waals surface area contributed by atoms with Crippen molar-refractivity contribution in [3.63, 3.8) is 0 Å². The fourth-order valence-corrected chi connectivity index (χ4v) is 2.76. The molecule has 2 aromatic heterocycles. The zero-order valence-electron chi connectivity index (χ0n) is 15.0. The van der Waals surface area contributed by atoms with Gasteiger partial charge in [0.1, 0.15) is 5.56 Å². The number of rotatable bonds is 7. The number of hydrogen-bond donors (Lipinski definition) is 0. The van der Waals surface area contributed by atoms with Gasteiger partial charge in [-0.25, -0.2) is 4.79 Å². The molecule has 0 radical (unpaired) electrons. The van der Waals surface area contributed by atoms with Gasteiger partial charge in [0.05, 0.1) is 6.61 Å². The lowest BCUT2D eigenvalue weighted by Crippen LogP contribution is -2.27. The Bertz CT molecular complexity index is 960. The van der Waals surface area contributed by atoms with E-state index < -0.39 is 11.5 Å². The van der Waals surface area contributed by atoms with E-state index in [0.717, 1.165) is 24.8 Å². The van der Waals surface area contributed by atoms with E-state index in [2.05, 4.69) is 17.0 Å². The number of benzene rings is 1. The van der Waals surface area contributed by atoms with Crippen molar-refractivity contribution in [1.82, 2.24) is 19.2 Å². The smallest absolute Gasteiger partial charge is 0.345 e. The second-order valence-corrected chi connectivity index (χ2v) is 5.98. The molecule has 0 atom stereocenters. The highest BCUT2D eigenvalue weighted by molar-refractivity contribution is 5.88. The minimum atomic E-state index is -0.639. The van der Waals surface area contributed by atoms with Crippen molar-refractivity contribution >= 4 is 11.7 Å². The summed E-state index contributed by atoms with van der Waals surface area (Å²) < 4.78 is 8.02. The van der Waals surface area contributed by atoms with Crippen molar-refractivity contribution in [2.75, 3.05) is 6.61 Å². The van der Waals surface area contributed by atoms with Crippen molar-refractivity contribution in [2.45, 2.75) is 39.7 Å². The lowest BCUT2D eigenvalue weighted by molar-refractivity contribution is 0.0522. The van der Waals surface area contributed by atoms with Gasteiger partial charge in [-0.3, -0.25) is 4.79 Å². The number of carbonyl (C=O) groups is 1. The van der Waals surface area contributed by atoms with Gasteiger partial charge in [-0.2, -0.15) is 9.50 Å². The number of esters is 1. The molecule has 0 N–H and O–H groups in total. The summed E-state index contributed by atoms with van der Waals surface area (Å²) in [4.78, 5) is 29.4. The number of aryl methyl sites for hydroxylation is 1. The highest BCUT2D eigenvalue weighted by atomic mass is 16.5. The first kappa shape index (κ1) is 17.8. The molecule has 0 aliphatic rings. The number of hydrogen-bond acceptors (Lipinski definition) is 5. The van der Waals surface area contributed by atoms with Crippen LogP contribution in [0.4, 0.5) is 0 Å². The number of carbonyl (C=O) groups excluding carboxylic acids is 1. The van der Waals surface area contributed by atoms with Crippen LogP contribution in [-0.4, -0.2) is 31.7 Å². The molecule has 0 fully saturated rings. The number of nitrogens with zero attached hydrogens (tertiary/aromatic N) is 4. The van der Waals surface area contributed by atoms with E-state index in [1.807, 2.05) is 34.9 Å². The molecule has 7 nitrogen and oxygen atoms in total. The maximum absolute atomic E-state index is 12.7. The van der Waals surface area contributed by atoms with Crippen LogP contribution in [-0.2, 0) is 11.3 Å². The zero-order chi connectivity index (χ0) is 18.5. The summed E-state index contributed by atoms with van der Waals surface area (Å²) >= 11 is 0. The second-order valence-electron chi connectivity index (χ2n) is 5.98. The van der Waals surface area contributed by atoms with Crippen LogP contribution in [0.25, 0.3) is 17.2 Å². The summed E-state index contributed by atoms with van der Waals surface area (Å²) in [6, 6.07) is 9.44. The Balaban J connectivity index is 2.14. The molecule has 2 heterocycles. The van der Waals surface area contributed by atoms with Gasteiger partial charge in [0.15, 0.2) is 5.82 Å². The van der Waals surface area contributed by atoms with Gasteiger partial charge in [-0.15, -0.1) is 5.10 Å². The van der Waals surface area contributed by atoms with Gasteiger partial charge in [-0.05, 0) is 13.3 Å². The Morgan fingerprint density at radius 3 is 2.62 bits per heavy atom. The number of unbranched alkanes of at least 4 members (excludes halogenated alkanes) is 2. The van der Waals surface area contributed by atoms with Crippen molar-refractivity contribution in [3.05, 3.63) is 52.4 Å². The third-order valence-electron chi connectivity index (χ3n) is 4.08. The SMILES string of the molecule is CCCCCn1cc(C(=O)OCC)c(=O)n2nc(-c3ccccc3)nc12. The normalized spacial score (nSPS) is 11.0. The molecular formula is C19H22N4O3. The number of ether oxygens (including phenoxy) is 1. The lowest BCUT2D eigenvalue weighted by atomic mass is 10.2. The average Bonchev–Trinajstić information content (AvgIpc) is 3.11. The second kappa shape index (κ2) is 7.95. The molecule has 0 unspecified atom stereocenters. The van der Waals surface area contributed by atoms with E-state index in [0.29, 0.717) is 18.1 Å². The van der Waals surface area contributed by atoms with Gasteiger partial charge >= 0.3 is 5.97 Å². The fourth-order valence-electron chi connectivity index (χ4n) is 2.76. The molecule has 136 valence electrons. The highest BCUT2D eigenvalue weighted by Gasteiger charge is 2.19. The molecule has 7 heteroatoms. The highest BCUT2D eigenvalue weighted by Crippen LogP contribution is 2.16. The molecule has 3 aromatic rings. The summed E-state index contributed by atoms with van der Waals surface area (Å²) in [6.07, 6.45) is 4.58. The first-order valence-corrected chi connectivity index (χ1v) is 8.88. The van der Waals surface area contributed by atoms with Crippen LogP contribution in [0.3, 0.4) is 0 Å². The largest absolute Gasteiger partial charge is 0.462 e. The molecular weight excluding hydrogens is 332 g/mol. The summed E-state index contributed by atoms with van der Waals surface area (Å²) in [6.45, 7) is 4.69. The molecule has 0 aliphatic carbocycles. The van der Waals surface area contributed by atoms with E-state index in [1.165, 1.54) is 10.7 Å². The lowest BCUT2D eigenvalue weighted by Gasteiger charge is -2.09. The van der Waals surface area contributed by atoms with Gasteiger partial charge < -0.3 is 9.30 Å². The van der Waals surface area contributed by atoms with Crippen molar-refractivity contribution in [3.8, 4) is 11.4 Å². The average molecular weight is 354 g/mol. The number of fused-ring (bicyclic) bond motifs is 1. The Kier molecular flexibility index (Phi) is 5.46. The molecule has 0 saturated heterocycles. The van der Waals surface area contributed by atoms with Crippen LogP contribution < -0.4 is 5.56 Å². The molecule has 0 amide bonds. The topological polar surface area (TPSA) is 78.5 Å². The van der Waals surface area contributed by atoms with Crippen molar-refractivity contribution in [1.29, 1.82) is 0 Å². The van der Waals surface area contributed by atoms with Crippen LogP contribution in [0.15, 0.2) is 41.3 Å². The molecule has 1 aromatic carbocycles. The monoisotopic (exact) mass is 354 g/mol. The molecule has 0 saturated carbocycles.